The SMILES string of the molecule is CC(=N)C(=C(C)N)c1nc(Cl)ncc1F. The van der Waals surface area contributed by atoms with E-state index in [9.17, 15) is 4.39 Å². The zero-order valence-electron chi connectivity index (χ0n) is 8.31. The van der Waals surface area contributed by atoms with Crippen molar-refractivity contribution in [1.82, 2.24) is 9.97 Å². The minimum Gasteiger partial charge on any atom is -0.402 e. The Morgan fingerprint density at radius 2 is 2.13 bits per heavy atom. The number of aromatic nitrogens is 2. The topological polar surface area (TPSA) is 75.7 Å². The summed E-state index contributed by atoms with van der Waals surface area (Å²) in [5, 5.41) is 7.40. The molecule has 0 amide bonds. The maximum Gasteiger partial charge on any atom is 0.223 e. The molecule has 0 fully saturated rings. The van der Waals surface area contributed by atoms with Gasteiger partial charge in [0.2, 0.25) is 5.28 Å². The largest absolute Gasteiger partial charge is 0.402 e. The van der Waals surface area contributed by atoms with Gasteiger partial charge in [0.1, 0.15) is 5.69 Å². The summed E-state index contributed by atoms with van der Waals surface area (Å²) < 4.78 is 13.4. The number of nitrogens with one attached hydrogen (secondary N) is 1. The summed E-state index contributed by atoms with van der Waals surface area (Å²) >= 11 is 5.55. The highest BCUT2D eigenvalue weighted by atomic mass is 35.5. The van der Waals surface area contributed by atoms with Gasteiger partial charge in [0.05, 0.1) is 6.20 Å². The fraction of sp³-hybridized carbons (Fsp3) is 0.222. The summed E-state index contributed by atoms with van der Waals surface area (Å²) in [6, 6.07) is 0. The zero-order valence-corrected chi connectivity index (χ0v) is 9.06. The standard InChI is InChI=1S/C9H10ClFN4/c1-4(12)7(5(2)13)8-6(11)3-14-9(10)15-8/h3,12H,13H2,1-2H3. The van der Waals surface area contributed by atoms with Crippen LogP contribution in [0.15, 0.2) is 11.9 Å². The van der Waals surface area contributed by atoms with Gasteiger partial charge in [0.25, 0.3) is 0 Å². The van der Waals surface area contributed by atoms with Crippen LogP contribution in [0.1, 0.15) is 19.5 Å². The summed E-state index contributed by atoms with van der Waals surface area (Å²) in [4.78, 5) is 7.20. The second-order valence-corrected chi connectivity index (χ2v) is 3.36. The van der Waals surface area contributed by atoms with E-state index >= 15 is 0 Å². The molecule has 15 heavy (non-hydrogen) atoms. The smallest absolute Gasteiger partial charge is 0.223 e. The van der Waals surface area contributed by atoms with E-state index in [2.05, 4.69) is 9.97 Å². The number of hydrogen-bond donors (Lipinski definition) is 2. The van der Waals surface area contributed by atoms with Gasteiger partial charge < -0.3 is 11.1 Å². The molecule has 1 aromatic rings. The van der Waals surface area contributed by atoms with Crippen LogP contribution in [0.5, 0.6) is 0 Å². The molecule has 0 aliphatic heterocycles. The van der Waals surface area contributed by atoms with Crippen LogP contribution in [-0.2, 0) is 0 Å². The second kappa shape index (κ2) is 4.35. The van der Waals surface area contributed by atoms with Crippen molar-refractivity contribution >= 4 is 22.9 Å². The van der Waals surface area contributed by atoms with Gasteiger partial charge in [0.15, 0.2) is 5.82 Å². The predicted octanol–water partition coefficient (Wildman–Crippen LogP) is 2.00. The average Bonchev–Trinajstić information content (AvgIpc) is 2.10. The van der Waals surface area contributed by atoms with E-state index in [1.807, 2.05) is 0 Å². The number of nitrogens with zero attached hydrogens (tertiary/aromatic N) is 2. The lowest BCUT2D eigenvalue weighted by Crippen LogP contribution is -2.08. The van der Waals surface area contributed by atoms with E-state index < -0.39 is 5.82 Å². The molecule has 80 valence electrons. The molecule has 6 heteroatoms. The highest BCUT2D eigenvalue weighted by Crippen LogP contribution is 2.19. The van der Waals surface area contributed by atoms with Crippen LogP contribution in [0.3, 0.4) is 0 Å². The molecule has 0 radical (unpaired) electrons. The van der Waals surface area contributed by atoms with Gasteiger partial charge in [-0.15, -0.1) is 0 Å². The molecule has 4 nitrogen and oxygen atoms in total. The first-order valence-electron chi connectivity index (χ1n) is 4.13. The maximum atomic E-state index is 13.4. The number of nitrogens with two attached hydrogens (primary N) is 1. The summed E-state index contributed by atoms with van der Waals surface area (Å²) in [5.41, 5.74) is 6.21. The van der Waals surface area contributed by atoms with Crippen LogP contribution < -0.4 is 5.73 Å². The van der Waals surface area contributed by atoms with Crippen LogP contribution in [-0.4, -0.2) is 15.7 Å². The molecule has 0 aromatic carbocycles. The molecule has 0 aliphatic carbocycles. The Hall–Kier alpha value is -1.49. The van der Waals surface area contributed by atoms with Crippen molar-refractivity contribution in [3.05, 3.63) is 28.7 Å². The Bertz CT molecular complexity index is 438. The molecule has 0 saturated heterocycles. The van der Waals surface area contributed by atoms with Gasteiger partial charge >= 0.3 is 0 Å². The third-order valence-corrected chi connectivity index (χ3v) is 1.90. The molecule has 1 heterocycles. The first-order valence-corrected chi connectivity index (χ1v) is 4.51. The summed E-state index contributed by atoms with van der Waals surface area (Å²) in [7, 11) is 0. The van der Waals surface area contributed by atoms with Crippen LogP contribution in [0.25, 0.3) is 5.57 Å². The Labute approximate surface area is 91.5 Å². The van der Waals surface area contributed by atoms with Gasteiger partial charge in [0, 0.05) is 17.0 Å². The zero-order chi connectivity index (χ0) is 11.6. The second-order valence-electron chi connectivity index (χ2n) is 3.02. The highest BCUT2D eigenvalue weighted by Gasteiger charge is 2.15. The molecular formula is C9H10ClFN4. The Balaban J connectivity index is 3.43. The summed E-state index contributed by atoms with van der Waals surface area (Å²) in [5.74, 6) is -0.647. The molecule has 0 bridgehead atoms. The van der Waals surface area contributed by atoms with Crippen molar-refractivity contribution in [1.29, 1.82) is 5.41 Å². The average molecular weight is 229 g/mol. The van der Waals surface area contributed by atoms with Crippen molar-refractivity contribution in [2.45, 2.75) is 13.8 Å². The molecule has 0 spiro atoms. The van der Waals surface area contributed by atoms with E-state index in [0.29, 0.717) is 5.70 Å². The van der Waals surface area contributed by atoms with Gasteiger partial charge in [-0.05, 0) is 25.4 Å². The van der Waals surface area contributed by atoms with Crippen LogP contribution in [0.4, 0.5) is 4.39 Å². The van der Waals surface area contributed by atoms with E-state index in [-0.39, 0.29) is 22.3 Å². The minimum absolute atomic E-state index is 0.0394. The molecule has 1 aromatic heterocycles. The first kappa shape index (κ1) is 11.6. The monoisotopic (exact) mass is 228 g/mol. The number of hydrogen-bond acceptors (Lipinski definition) is 4. The van der Waals surface area contributed by atoms with Gasteiger partial charge in [-0.1, -0.05) is 0 Å². The Morgan fingerprint density at radius 3 is 2.60 bits per heavy atom. The van der Waals surface area contributed by atoms with Gasteiger partial charge in [-0.2, -0.15) is 0 Å². The Morgan fingerprint density at radius 1 is 1.53 bits per heavy atom. The van der Waals surface area contributed by atoms with E-state index in [0.717, 1.165) is 6.20 Å². The lowest BCUT2D eigenvalue weighted by Gasteiger charge is -2.08. The van der Waals surface area contributed by atoms with Crippen molar-refractivity contribution in [2.24, 2.45) is 5.73 Å². The number of halogens is 2. The third kappa shape index (κ3) is 2.50. The first-order chi connectivity index (χ1) is 6.93. The maximum absolute atomic E-state index is 13.4. The molecule has 0 atom stereocenters. The number of rotatable bonds is 2. The van der Waals surface area contributed by atoms with Crippen LogP contribution in [0.2, 0.25) is 5.28 Å². The van der Waals surface area contributed by atoms with Crippen LogP contribution in [0, 0.1) is 11.2 Å². The van der Waals surface area contributed by atoms with Gasteiger partial charge in [-0.25, -0.2) is 14.4 Å². The molecular weight excluding hydrogens is 219 g/mol. The quantitative estimate of drug-likeness (QED) is 0.601. The predicted molar refractivity (Wildman–Crippen MR) is 57.2 cm³/mol. The third-order valence-electron chi connectivity index (χ3n) is 1.72. The highest BCUT2D eigenvalue weighted by molar-refractivity contribution is 6.28. The molecule has 3 N–H and O–H groups in total. The molecule has 0 aliphatic rings. The van der Waals surface area contributed by atoms with Crippen LogP contribution >= 0.6 is 11.6 Å². The fourth-order valence-electron chi connectivity index (χ4n) is 1.18. The van der Waals surface area contributed by atoms with E-state index in [1.165, 1.54) is 6.92 Å². The minimum atomic E-state index is -0.647. The van der Waals surface area contributed by atoms with E-state index in [1.54, 1.807) is 6.92 Å². The van der Waals surface area contributed by atoms with Crippen molar-refractivity contribution < 1.29 is 4.39 Å². The molecule has 0 unspecified atom stereocenters. The summed E-state index contributed by atoms with van der Waals surface area (Å²) in [6.07, 6.45) is 0.955. The lowest BCUT2D eigenvalue weighted by molar-refractivity contribution is 0.609. The summed E-state index contributed by atoms with van der Waals surface area (Å²) in [6.45, 7) is 3.07. The van der Waals surface area contributed by atoms with Crippen molar-refractivity contribution in [2.75, 3.05) is 0 Å². The van der Waals surface area contributed by atoms with E-state index in [4.69, 9.17) is 22.7 Å². The molecule has 0 saturated carbocycles. The molecule has 1 rings (SSSR count). The number of allylic oxidation sites excluding steroid dienone is 2. The van der Waals surface area contributed by atoms with Gasteiger partial charge in [-0.3, -0.25) is 0 Å². The lowest BCUT2D eigenvalue weighted by atomic mass is 10.1. The van der Waals surface area contributed by atoms with Crippen molar-refractivity contribution in [3.63, 3.8) is 0 Å². The fourth-order valence-corrected chi connectivity index (χ4v) is 1.31. The Kier molecular flexibility index (Phi) is 3.36. The van der Waals surface area contributed by atoms with Crippen molar-refractivity contribution in [3.8, 4) is 0 Å². The normalized spacial score (nSPS) is 12.3.